The molecule has 12 nitrogen and oxygen atoms in total. The van der Waals surface area contributed by atoms with Gasteiger partial charge in [0.15, 0.2) is 5.76 Å². The largest absolute Gasteiger partial charge is 0.450 e. The number of aromatic nitrogens is 1. The van der Waals surface area contributed by atoms with Crippen LogP contribution in [-0.4, -0.2) is 26.4 Å². The number of amides is 2. The van der Waals surface area contributed by atoms with E-state index in [1.807, 2.05) is 24.5 Å². The van der Waals surface area contributed by atoms with Gasteiger partial charge in [-0.3, -0.25) is 25.0 Å². The summed E-state index contributed by atoms with van der Waals surface area (Å²) in [4.78, 5) is 47.2. The highest BCUT2D eigenvalue weighted by Gasteiger charge is 2.38. The smallest absolute Gasteiger partial charge is 0.427 e. The minimum atomic E-state index is -0.778. The topological polar surface area (TPSA) is 147 Å². The first-order valence-corrected chi connectivity index (χ1v) is 11.9. The van der Waals surface area contributed by atoms with Crippen LogP contribution in [-0.2, 0) is 9.53 Å². The molecule has 40 heavy (non-hydrogen) atoms. The third-order valence-electron chi connectivity index (χ3n) is 6.24. The normalized spacial score (nSPS) is 13.9. The van der Waals surface area contributed by atoms with Crippen LogP contribution in [0.2, 0.25) is 0 Å². The molecule has 0 spiro atoms. The quantitative estimate of drug-likeness (QED) is 0.152. The second-order valence-corrected chi connectivity index (χ2v) is 8.78. The van der Waals surface area contributed by atoms with E-state index in [1.54, 1.807) is 54.6 Å². The maximum absolute atomic E-state index is 12.9. The van der Waals surface area contributed by atoms with Crippen LogP contribution in [0, 0.1) is 34.1 Å². The number of para-hydroxylation sites is 1. The molecule has 12 heteroatoms. The van der Waals surface area contributed by atoms with E-state index in [1.165, 1.54) is 12.1 Å². The number of nitrogens with zero attached hydrogens (tertiary/aromatic N) is 4. The summed E-state index contributed by atoms with van der Waals surface area (Å²) in [7, 11) is 0. The van der Waals surface area contributed by atoms with Gasteiger partial charge in [0.25, 0.3) is 5.69 Å². The Morgan fingerprint density at radius 2 is 1.55 bits per heavy atom. The molecule has 1 aromatic heterocycles. The van der Waals surface area contributed by atoms with Crippen molar-refractivity contribution >= 4 is 35.1 Å². The number of imide groups is 1. The van der Waals surface area contributed by atoms with E-state index in [4.69, 9.17) is 9.47 Å². The zero-order valence-electron chi connectivity index (χ0n) is 21.1. The van der Waals surface area contributed by atoms with E-state index in [-0.39, 0.29) is 17.3 Å². The molecule has 0 atom stereocenters. The first-order valence-electron chi connectivity index (χ1n) is 11.9. The summed E-state index contributed by atoms with van der Waals surface area (Å²) in [6, 6.07) is 20.2. The standard InChI is InChI=1S/C28H20N4O8/c1-17-14-19(15-26-27(33)30(28(34)40-26)20-6-4-3-5-7-20)18(2)29(17)21-8-11-23(12-9-21)39-25-13-10-22(31(35)36)16-24(25)32(37)38/h3-16H,1-2H3/b26-15+. The average molecular weight is 540 g/mol. The van der Waals surface area contributed by atoms with Crippen molar-refractivity contribution in [2.45, 2.75) is 13.8 Å². The van der Waals surface area contributed by atoms with E-state index < -0.39 is 33.2 Å². The second-order valence-electron chi connectivity index (χ2n) is 8.78. The molecule has 1 saturated heterocycles. The Hall–Kier alpha value is -5.78. The van der Waals surface area contributed by atoms with Gasteiger partial charge in [-0.1, -0.05) is 18.2 Å². The zero-order chi connectivity index (χ0) is 28.6. The van der Waals surface area contributed by atoms with Gasteiger partial charge in [0.1, 0.15) is 5.75 Å². The Labute approximate surface area is 226 Å². The van der Waals surface area contributed by atoms with E-state index >= 15 is 0 Å². The highest BCUT2D eigenvalue weighted by molar-refractivity contribution is 6.24. The first kappa shape index (κ1) is 25.9. The molecular weight excluding hydrogens is 520 g/mol. The fourth-order valence-electron chi connectivity index (χ4n) is 4.38. The number of hydrogen-bond donors (Lipinski definition) is 0. The molecule has 1 aliphatic heterocycles. The number of anilines is 1. The molecule has 0 radical (unpaired) electrons. The number of nitro benzene ring substituents is 2. The maximum atomic E-state index is 12.9. The van der Waals surface area contributed by atoms with Gasteiger partial charge in [0.05, 0.1) is 21.6 Å². The van der Waals surface area contributed by atoms with E-state index in [9.17, 15) is 29.8 Å². The lowest BCUT2D eigenvalue weighted by Crippen LogP contribution is -2.28. The number of benzene rings is 3. The minimum Gasteiger partial charge on any atom is -0.450 e. The molecule has 0 bridgehead atoms. The summed E-state index contributed by atoms with van der Waals surface area (Å²) in [5.41, 5.74) is 2.48. The minimum absolute atomic E-state index is 0.0949. The van der Waals surface area contributed by atoms with Gasteiger partial charge >= 0.3 is 17.7 Å². The molecule has 0 unspecified atom stereocenters. The number of carbonyl (C=O) groups is 2. The Bertz CT molecular complexity index is 1710. The molecule has 0 saturated carbocycles. The number of hydrogen-bond acceptors (Lipinski definition) is 8. The molecular formula is C28H20N4O8. The highest BCUT2D eigenvalue weighted by Crippen LogP contribution is 2.35. The Morgan fingerprint density at radius 1 is 0.850 bits per heavy atom. The molecule has 0 N–H and O–H groups in total. The van der Waals surface area contributed by atoms with E-state index in [0.29, 0.717) is 11.3 Å². The van der Waals surface area contributed by atoms with Gasteiger partial charge in [-0.05, 0) is 74.0 Å². The lowest BCUT2D eigenvalue weighted by molar-refractivity contribution is -0.394. The van der Waals surface area contributed by atoms with Crippen molar-refractivity contribution in [3.8, 4) is 17.2 Å². The van der Waals surface area contributed by atoms with Crippen LogP contribution in [0.5, 0.6) is 11.5 Å². The number of carbonyl (C=O) groups excluding carboxylic acids is 2. The van der Waals surface area contributed by atoms with Gasteiger partial charge in [0, 0.05) is 23.1 Å². The number of non-ortho nitro benzene ring substituents is 1. The molecule has 0 aliphatic carbocycles. The van der Waals surface area contributed by atoms with Gasteiger partial charge in [-0.15, -0.1) is 0 Å². The van der Waals surface area contributed by atoms with Gasteiger partial charge in [0.2, 0.25) is 5.75 Å². The summed E-state index contributed by atoms with van der Waals surface area (Å²) < 4.78 is 12.8. The van der Waals surface area contributed by atoms with Crippen molar-refractivity contribution in [2.75, 3.05) is 4.90 Å². The number of nitro groups is 2. The Balaban J connectivity index is 1.39. The predicted molar refractivity (Wildman–Crippen MR) is 143 cm³/mol. The van der Waals surface area contributed by atoms with E-state index in [2.05, 4.69) is 0 Å². The fraction of sp³-hybridized carbons (Fsp3) is 0.0714. The van der Waals surface area contributed by atoms with Crippen molar-refractivity contribution in [3.63, 3.8) is 0 Å². The Kier molecular flexibility index (Phi) is 6.58. The van der Waals surface area contributed by atoms with Crippen LogP contribution in [0.25, 0.3) is 11.8 Å². The van der Waals surface area contributed by atoms with Crippen LogP contribution in [0.15, 0.2) is 84.6 Å². The summed E-state index contributed by atoms with van der Waals surface area (Å²) in [6.45, 7) is 3.72. The second kappa shape index (κ2) is 10.2. The van der Waals surface area contributed by atoms with Gasteiger partial charge < -0.3 is 14.0 Å². The summed E-state index contributed by atoms with van der Waals surface area (Å²) in [5, 5.41) is 22.4. The number of cyclic esters (lactones) is 1. The number of aryl methyl sites for hydroxylation is 1. The van der Waals surface area contributed by atoms with E-state index in [0.717, 1.165) is 34.1 Å². The third kappa shape index (κ3) is 4.76. The van der Waals surface area contributed by atoms with Crippen molar-refractivity contribution < 1.29 is 28.9 Å². The van der Waals surface area contributed by atoms with Crippen molar-refractivity contribution in [3.05, 3.63) is 122 Å². The predicted octanol–water partition coefficient (Wildman–Crippen LogP) is 6.23. The van der Waals surface area contributed by atoms with Crippen molar-refractivity contribution in [1.82, 2.24) is 4.57 Å². The number of rotatable bonds is 7. The van der Waals surface area contributed by atoms with Gasteiger partial charge in [-0.2, -0.15) is 0 Å². The molecule has 4 aromatic rings. The monoisotopic (exact) mass is 540 g/mol. The Morgan fingerprint density at radius 3 is 2.20 bits per heavy atom. The average Bonchev–Trinajstić information content (AvgIpc) is 3.37. The van der Waals surface area contributed by atoms with Crippen LogP contribution in [0.4, 0.5) is 21.9 Å². The van der Waals surface area contributed by atoms with Crippen molar-refractivity contribution in [1.29, 1.82) is 0 Å². The molecule has 1 fully saturated rings. The zero-order valence-corrected chi connectivity index (χ0v) is 21.1. The molecule has 1 aliphatic rings. The maximum Gasteiger partial charge on any atom is 0.427 e. The summed E-state index contributed by atoms with van der Waals surface area (Å²) >= 11 is 0. The SMILES string of the molecule is Cc1cc(/C=C2/OC(=O)N(c3ccccc3)C2=O)c(C)n1-c1ccc(Oc2ccc([N+](=O)[O-])cc2[N+](=O)[O-])cc1. The summed E-state index contributed by atoms with van der Waals surface area (Å²) in [6.07, 6.45) is 0.743. The molecule has 5 rings (SSSR count). The third-order valence-corrected chi connectivity index (χ3v) is 6.24. The lowest BCUT2D eigenvalue weighted by Gasteiger charge is -2.11. The molecule has 200 valence electrons. The van der Waals surface area contributed by atoms with Crippen LogP contribution in [0.3, 0.4) is 0 Å². The number of ether oxygens (including phenoxy) is 2. The summed E-state index contributed by atoms with van der Waals surface area (Å²) in [5.74, 6) is -0.508. The molecule has 2 heterocycles. The molecule has 2 amide bonds. The highest BCUT2D eigenvalue weighted by atomic mass is 16.6. The first-order chi connectivity index (χ1) is 19.1. The van der Waals surface area contributed by atoms with Crippen LogP contribution >= 0.6 is 0 Å². The molecule has 3 aromatic carbocycles. The fourth-order valence-corrected chi connectivity index (χ4v) is 4.38. The lowest BCUT2D eigenvalue weighted by atomic mass is 10.2. The van der Waals surface area contributed by atoms with Crippen LogP contribution < -0.4 is 9.64 Å². The van der Waals surface area contributed by atoms with Crippen molar-refractivity contribution in [2.24, 2.45) is 0 Å². The van der Waals surface area contributed by atoms with Crippen LogP contribution in [0.1, 0.15) is 17.0 Å². The van der Waals surface area contributed by atoms with Gasteiger partial charge in [-0.25, -0.2) is 9.69 Å².